The van der Waals surface area contributed by atoms with Crippen LogP contribution in [0.1, 0.15) is 44.9 Å². The maximum Gasteiger partial charge on any atom is 0.433 e. The Balaban J connectivity index is 1.86. The molecule has 0 spiro atoms. The Morgan fingerprint density at radius 1 is 1.17 bits per heavy atom. The molecule has 1 amide bonds. The van der Waals surface area contributed by atoms with Crippen molar-refractivity contribution in [3.05, 3.63) is 53.9 Å². The number of halogens is 3. The highest BCUT2D eigenvalue weighted by molar-refractivity contribution is 7.82. The Labute approximate surface area is 205 Å². The maximum atomic E-state index is 13.6. The van der Waals surface area contributed by atoms with Crippen molar-refractivity contribution in [2.24, 2.45) is 0 Å². The van der Waals surface area contributed by atoms with E-state index in [1.54, 1.807) is 54.2 Å². The second kappa shape index (κ2) is 10.9. The van der Waals surface area contributed by atoms with Crippen molar-refractivity contribution < 1.29 is 31.6 Å². The summed E-state index contributed by atoms with van der Waals surface area (Å²) in [6, 6.07) is 8.70. The van der Waals surface area contributed by atoms with Crippen molar-refractivity contribution in [2.45, 2.75) is 62.9 Å². The number of hydrogen-bond acceptors (Lipinski definition) is 5. The van der Waals surface area contributed by atoms with Gasteiger partial charge in [-0.1, -0.05) is 6.07 Å². The monoisotopic (exact) mass is 513 g/mol. The molecule has 192 valence electrons. The first-order valence-electron chi connectivity index (χ1n) is 11.2. The van der Waals surface area contributed by atoms with Crippen molar-refractivity contribution in [3.8, 4) is 5.75 Å². The van der Waals surface area contributed by atoms with Crippen LogP contribution in [0.2, 0.25) is 0 Å². The third-order valence-corrected chi connectivity index (χ3v) is 6.91. The summed E-state index contributed by atoms with van der Waals surface area (Å²) < 4.78 is 64.8. The Bertz CT molecular complexity index is 1020. The summed E-state index contributed by atoms with van der Waals surface area (Å²) >= 11 is 0. The minimum absolute atomic E-state index is 0.0939. The molecule has 1 fully saturated rings. The van der Waals surface area contributed by atoms with Gasteiger partial charge < -0.3 is 14.4 Å². The normalized spacial score (nSPS) is 17.8. The number of hydrogen-bond donors (Lipinski definition) is 0. The fourth-order valence-electron chi connectivity index (χ4n) is 3.70. The number of benzene rings is 1. The van der Waals surface area contributed by atoms with Crippen molar-refractivity contribution in [3.63, 3.8) is 0 Å². The highest BCUT2D eigenvalue weighted by atomic mass is 32.2. The predicted molar refractivity (Wildman–Crippen MR) is 125 cm³/mol. The molecule has 2 atom stereocenters. The minimum atomic E-state index is -4.54. The summed E-state index contributed by atoms with van der Waals surface area (Å²) in [6.45, 7) is 6.25. The van der Waals surface area contributed by atoms with Gasteiger partial charge in [0.1, 0.15) is 28.0 Å². The summed E-state index contributed by atoms with van der Waals surface area (Å²) in [5, 5.41) is 0. The lowest BCUT2D eigenvalue weighted by molar-refractivity contribution is -0.141. The molecule has 7 nitrogen and oxygen atoms in total. The number of alkyl halides is 3. The number of methoxy groups -OCH3 is 1. The predicted octanol–water partition coefficient (Wildman–Crippen LogP) is 5.03. The molecule has 0 N–H and O–H groups in total. The SMILES string of the molecule is COc1ccc(S(=O)N(Cc2ccc(C(F)(F)F)nc2)C2CCCN(C(=O)OC(C)(C)C)C2)cc1. The summed E-state index contributed by atoms with van der Waals surface area (Å²) in [7, 11) is -0.119. The molecule has 35 heavy (non-hydrogen) atoms. The Kier molecular flexibility index (Phi) is 8.42. The number of carbonyl (C=O) groups excluding carboxylic acids is 1. The zero-order valence-electron chi connectivity index (χ0n) is 20.2. The van der Waals surface area contributed by atoms with Crippen molar-refractivity contribution in [2.75, 3.05) is 20.2 Å². The lowest BCUT2D eigenvalue weighted by Crippen LogP contribution is -2.51. The molecule has 0 bridgehead atoms. The molecular weight excluding hydrogens is 483 g/mol. The average Bonchev–Trinajstić information content (AvgIpc) is 2.81. The molecule has 2 aromatic rings. The largest absolute Gasteiger partial charge is 0.497 e. The molecule has 1 saturated heterocycles. The van der Waals surface area contributed by atoms with Crippen LogP contribution >= 0.6 is 0 Å². The summed E-state index contributed by atoms with van der Waals surface area (Å²) in [5.74, 6) is 0.609. The fourth-order valence-corrected chi connectivity index (χ4v) is 5.05. The van der Waals surface area contributed by atoms with Gasteiger partial charge in [0, 0.05) is 31.9 Å². The quantitative estimate of drug-likeness (QED) is 0.542. The van der Waals surface area contributed by atoms with E-state index in [4.69, 9.17) is 9.47 Å². The van der Waals surface area contributed by atoms with Crippen LogP contribution in [0.15, 0.2) is 47.5 Å². The van der Waals surface area contributed by atoms with E-state index >= 15 is 0 Å². The van der Waals surface area contributed by atoms with E-state index in [-0.39, 0.29) is 19.1 Å². The van der Waals surface area contributed by atoms with Gasteiger partial charge in [0.15, 0.2) is 0 Å². The zero-order valence-corrected chi connectivity index (χ0v) is 21.0. The average molecular weight is 514 g/mol. The lowest BCUT2D eigenvalue weighted by atomic mass is 10.1. The van der Waals surface area contributed by atoms with Crippen molar-refractivity contribution in [1.82, 2.24) is 14.2 Å². The van der Waals surface area contributed by atoms with Gasteiger partial charge in [-0.3, -0.25) is 4.98 Å². The van der Waals surface area contributed by atoms with E-state index < -0.39 is 34.6 Å². The number of rotatable bonds is 6. The minimum Gasteiger partial charge on any atom is -0.497 e. The van der Waals surface area contributed by atoms with Crippen LogP contribution in [0.3, 0.4) is 0 Å². The van der Waals surface area contributed by atoms with Crippen LogP contribution < -0.4 is 4.74 Å². The van der Waals surface area contributed by atoms with E-state index in [1.807, 2.05) is 0 Å². The summed E-state index contributed by atoms with van der Waals surface area (Å²) in [5.41, 5.74) is -1.16. The molecule has 11 heteroatoms. The molecule has 0 radical (unpaired) electrons. The third kappa shape index (κ3) is 7.41. The fraction of sp³-hybridized carbons (Fsp3) is 0.500. The van der Waals surface area contributed by atoms with Gasteiger partial charge in [-0.25, -0.2) is 13.3 Å². The van der Waals surface area contributed by atoms with Gasteiger partial charge in [-0.05, 0) is 69.5 Å². The van der Waals surface area contributed by atoms with E-state index in [0.29, 0.717) is 35.6 Å². The highest BCUT2D eigenvalue weighted by Crippen LogP contribution is 2.29. The number of amides is 1. The third-order valence-electron chi connectivity index (χ3n) is 5.38. The van der Waals surface area contributed by atoms with Gasteiger partial charge in [0.25, 0.3) is 0 Å². The van der Waals surface area contributed by atoms with E-state index in [2.05, 4.69) is 4.98 Å². The smallest absolute Gasteiger partial charge is 0.433 e. The number of pyridine rings is 1. The van der Waals surface area contributed by atoms with Crippen LogP contribution in [0.4, 0.5) is 18.0 Å². The molecule has 1 aliphatic heterocycles. The highest BCUT2D eigenvalue weighted by Gasteiger charge is 2.35. The molecule has 2 heterocycles. The van der Waals surface area contributed by atoms with Gasteiger partial charge in [-0.15, -0.1) is 0 Å². The first-order valence-corrected chi connectivity index (χ1v) is 12.3. The molecule has 0 aliphatic carbocycles. The zero-order chi connectivity index (χ0) is 25.8. The lowest BCUT2D eigenvalue weighted by Gasteiger charge is -2.39. The van der Waals surface area contributed by atoms with Crippen molar-refractivity contribution in [1.29, 1.82) is 0 Å². The summed E-state index contributed by atoms with van der Waals surface area (Å²) in [6.07, 6.45) is -2.51. The molecule has 1 aromatic carbocycles. The van der Waals surface area contributed by atoms with Gasteiger partial charge in [-0.2, -0.15) is 13.2 Å². The molecule has 0 saturated carbocycles. The first kappa shape index (κ1) is 26.9. The topological polar surface area (TPSA) is 72.0 Å². The van der Waals surface area contributed by atoms with Gasteiger partial charge in [0.05, 0.1) is 12.0 Å². The van der Waals surface area contributed by atoms with Crippen LogP contribution in [0.25, 0.3) is 0 Å². The first-order chi connectivity index (χ1) is 16.4. The van der Waals surface area contributed by atoms with Crippen LogP contribution in [-0.4, -0.2) is 56.3 Å². The van der Waals surface area contributed by atoms with Crippen LogP contribution in [0, 0.1) is 0 Å². The van der Waals surface area contributed by atoms with E-state index in [0.717, 1.165) is 12.3 Å². The Morgan fingerprint density at radius 2 is 1.86 bits per heavy atom. The Morgan fingerprint density at radius 3 is 2.40 bits per heavy atom. The van der Waals surface area contributed by atoms with Crippen molar-refractivity contribution >= 4 is 17.1 Å². The Hall–Kier alpha value is -2.66. The standard InChI is InChI=1S/C24H30F3N3O4S/c1-23(2,3)34-22(31)29-13-5-6-18(16-29)30(35(32)20-10-8-19(33-4)9-11-20)15-17-7-12-21(28-14-17)24(25,26)27/h7-12,14,18H,5-6,13,15-16H2,1-4H3. The number of aromatic nitrogens is 1. The van der Waals surface area contributed by atoms with Gasteiger partial charge >= 0.3 is 12.3 Å². The maximum absolute atomic E-state index is 13.6. The van der Waals surface area contributed by atoms with Crippen LogP contribution in [0.5, 0.6) is 5.75 Å². The van der Waals surface area contributed by atoms with Crippen LogP contribution in [-0.2, 0) is 28.4 Å². The summed E-state index contributed by atoms with van der Waals surface area (Å²) in [4.78, 5) is 18.3. The number of likely N-dealkylation sites (tertiary alicyclic amines) is 1. The number of nitrogens with zero attached hydrogens (tertiary/aromatic N) is 3. The second-order valence-corrected chi connectivity index (χ2v) is 10.7. The second-order valence-electron chi connectivity index (χ2n) is 9.27. The number of piperidine rings is 1. The molecule has 1 aliphatic rings. The number of carbonyl (C=O) groups is 1. The molecule has 1 aromatic heterocycles. The molecule has 2 unspecified atom stereocenters. The van der Waals surface area contributed by atoms with E-state index in [1.165, 1.54) is 13.2 Å². The van der Waals surface area contributed by atoms with Gasteiger partial charge in [0.2, 0.25) is 0 Å². The number of ether oxygens (including phenoxy) is 2. The molecular formula is C24H30F3N3O4S. The van der Waals surface area contributed by atoms with E-state index in [9.17, 15) is 22.2 Å². The molecule has 3 rings (SSSR count).